The molecule has 2 amide bonds. The number of rotatable bonds is 6. The second-order valence-electron chi connectivity index (χ2n) is 6.52. The minimum absolute atomic E-state index is 0.0332. The first-order chi connectivity index (χ1) is 11.9. The Hall–Kier alpha value is -2.62. The Morgan fingerprint density at radius 1 is 1.08 bits per heavy atom. The van der Waals surface area contributed by atoms with Gasteiger partial charge in [-0.05, 0) is 55.3 Å². The predicted octanol–water partition coefficient (Wildman–Crippen LogP) is 4.65. The van der Waals surface area contributed by atoms with Crippen molar-refractivity contribution in [2.24, 2.45) is 5.92 Å². The Morgan fingerprint density at radius 3 is 2.32 bits per heavy atom. The molecule has 4 nitrogen and oxygen atoms in total. The van der Waals surface area contributed by atoms with Crippen LogP contribution < -0.4 is 10.2 Å². The fourth-order valence-corrected chi connectivity index (χ4v) is 2.51. The lowest BCUT2D eigenvalue weighted by Gasteiger charge is -2.23. The second-order valence-corrected chi connectivity index (χ2v) is 6.52. The molecule has 25 heavy (non-hydrogen) atoms. The quantitative estimate of drug-likeness (QED) is 0.834. The van der Waals surface area contributed by atoms with Gasteiger partial charge in [-0.25, -0.2) is 0 Å². The molecule has 0 saturated heterocycles. The van der Waals surface area contributed by atoms with E-state index in [1.165, 1.54) is 0 Å². The third-order valence-corrected chi connectivity index (χ3v) is 3.93. The van der Waals surface area contributed by atoms with Crippen LogP contribution in [0, 0.1) is 12.8 Å². The molecule has 2 rings (SSSR count). The highest BCUT2D eigenvalue weighted by molar-refractivity contribution is 6.06. The summed E-state index contributed by atoms with van der Waals surface area (Å²) in [5.74, 6) is -0.150. The van der Waals surface area contributed by atoms with Gasteiger partial charge in [-0.15, -0.1) is 0 Å². The SMILES string of the molecule is CCCN(C(=O)c1ccc(NC(=O)C(C)C)cc1)c1cccc(C)c1. The van der Waals surface area contributed by atoms with Crippen molar-refractivity contribution in [3.05, 3.63) is 59.7 Å². The number of benzene rings is 2. The van der Waals surface area contributed by atoms with E-state index in [2.05, 4.69) is 12.2 Å². The smallest absolute Gasteiger partial charge is 0.258 e. The maximum atomic E-state index is 12.9. The van der Waals surface area contributed by atoms with E-state index in [4.69, 9.17) is 0 Å². The van der Waals surface area contributed by atoms with Gasteiger partial charge in [0.2, 0.25) is 5.91 Å². The summed E-state index contributed by atoms with van der Waals surface area (Å²) < 4.78 is 0. The summed E-state index contributed by atoms with van der Waals surface area (Å²) in [4.78, 5) is 26.5. The van der Waals surface area contributed by atoms with Crippen LogP contribution in [-0.4, -0.2) is 18.4 Å². The van der Waals surface area contributed by atoms with Crippen LogP contribution in [0.4, 0.5) is 11.4 Å². The first-order valence-electron chi connectivity index (χ1n) is 8.71. The van der Waals surface area contributed by atoms with E-state index >= 15 is 0 Å². The first-order valence-corrected chi connectivity index (χ1v) is 8.71. The highest BCUT2D eigenvalue weighted by atomic mass is 16.2. The van der Waals surface area contributed by atoms with Gasteiger partial charge in [-0.1, -0.05) is 32.9 Å². The normalized spacial score (nSPS) is 10.6. The second kappa shape index (κ2) is 8.47. The van der Waals surface area contributed by atoms with Crippen LogP contribution in [0.2, 0.25) is 0 Å². The summed E-state index contributed by atoms with van der Waals surface area (Å²) in [6.07, 6.45) is 0.877. The topological polar surface area (TPSA) is 49.4 Å². The van der Waals surface area contributed by atoms with Gasteiger partial charge in [0, 0.05) is 29.4 Å². The minimum atomic E-state index is -0.0809. The molecule has 2 aromatic carbocycles. The Bertz CT molecular complexity index is 736. The fraction of sp³-hybridized carbons (Fsp3) is 0.333. The van der Waals surface area contributed by atoms with E-state index in [0.29, 0.717) is 17.8 Å². The van der Waals surface area contributed by atoms with Gasteiger partial charge < -0.3 is 10.2 Å². The molecule has 4 heteroatoms. The summed E-state index contributed by atoms with van der Waals surface area (Å²) in [7, 11) is 0. The molecular weight excluding hydrogens is 312 g/mol. The molecule has 0 aliphatic heterocycles. The molecule has 0 fully saturated rings. The van der Waals surface area contributed by atoms with Gasteiger partial charge in [-0.2, -0.15) is 0 Å². The average Bonchev–Trinajstić information content (AvgIpc) is 2.59. The molecule has 0 atom stereocenters. The van der Waals surface area contributed by atoms with Crippen molar-refractivity contribution in [1.29, 1.82) is 0 Å². The number of carbonyl (C=O) groups excluding carboxylic acids is 2. The monoisotopic (exact) mass is 338 g/mol. The van der Waals surface area contributed by atoms with Crippen molar-refractivity contribution in [1.82, 2.24) is 0 Å². The summed E-state index contributed by atoms with van der Waals surface area (Å²) in [6, 6.07) is 15.0. The number of aryl methyl sites for hydroxylation is 1. The average molecular weight is 338 g/mol. The fourth-order valence-electron chi connectivity index (χ4n) is 2.51. The lowest BCUT2D eigenvalue weighted by Crippen LogP contribution is -2.31. The molecule has 0 aromatic heterocycles. The standard InChI is InChI=1S/C21H26N2O2/c1-5-13-23(19-8-6-7-16(4)14-19)21(25)17-9-11-18(12-10-17)22-20(24)15(2)3/h6-12,14-15H,5,13H2,1-4H3,(H,22,24). The number of carbonyl (C=O) groups is 2. The molecule has 132 valence electrons. The summed E-state index contributed by atoms with van der Waals surface area (Å²) in [5, 5.41) is 2.84. The van der Waals surface area contributed by atoms with E-state index < -0.39 is 0 Å². The van der Waals surface area contributed by atoms with Crippen LogP contribution in [0.3, 0.4) is 0 Å². The predicted molar refractivity (Wildman–Crippen MR) is 103 cm³/mol. The van der Waals surface area contributed by atoms with Crippen molar-refractivity contribution in [2.75, 3.05) is 16.8 Å². The van der Waals surface area contributed by atoms with Crippen LogP contribution in [-0.2, 0) is 4.79 Å². The molecule has 0 radical (unpaired) electrons. The zero-order chi connectivity index (χ0) is 18.4. The van der Waals surface area contributed by atoms with E-state index in [1.54, 1.807) is 29.2 Å². The maximum Gasteiger partial charge on any atom is 0.258 e. The Morgan fingerprint density at radius 2 is 1.76 bits per heavy atom. The zero-order valence-corrected chi connectivity index (χ0v) is 15.4. The number of anilines is 2. The lowest BCUT2D eigenvalue weighted by molar-refractivity contribution is -0.118. The van der Waals surface area contributed by atoms with Crippen LogP contribution in [0.5, 0.6) is 0 Å². The van der Waals surface area contributed by atoms with E-state index in [9.17, 15) is 9.59 Å². The van der Waals surface area contributed by atoms with Crippen molar-refractivity contribution in [3.8, 4) is 0 Å². The van der Waals surface area contributed by atoms with Gasteiger partial charge in [-0.3, -0.25) is 9.59 Å². The van der Waals surface area contributed by atoms with Crippen LogP contribution >= 0.6 is 0 Å². The molecule has 0 aliphatic carbocycles. The van der Waals surface area contributed by atoms with Crippen molar-refractivity contribution < 1.29 is 9.59 Å². The van der Waals surface area contributed by atoms with Crippen molar-refractivity contribution >= 4 is 23.2 Å². The largest absolute Gasteiger partial charge is 0.326 e. The van der Waals surface area contributed by atoms with Crippen molar-refractivity contribution in [2.45, 2.75) is 34.1 Å². The number of hydrogen-bond donors (Lipinski definition) is 1. The maximum absolute atomic E-state index is 12.9. The minimum Gasteiger partial charge on any atom is -0.326 e. The Kier molecular flexibility index (Phi) is 6.34. The highest BCUT2D eigenvalue weighted by Gasteiger charge is 2.17. The molecule has 1 N–H and O–H groups in total. The third-order valence-electron chi connectivity index (χ3n) is 3.93. The van der Waals surface area contributed by atoms with E-state index in [-0.39, 0.29) is 17.7 Å². The van der Waals surface area contributed by atoms with E-state index in [0.717, 1.165) is 17.7 Å². The summed E-state index contributed by atoms with van der Waals surface area (Å²) in [6.45, 7) is 8.43. The zero-order valence-electron chi connectivity index (χ0n) is 15.4. The van der Waals surface area contributed by atoms with Gasteiger partial charge >= 0.3 is 0 Å². The van der Waals surface area contributed by atoms with Gasteiger partial charge in [0.1, 0.15) is 0 Å². The van der Waals surface area contributed by atoms with Crippen LogP contribution in [0.25, 0.3) is 0 Å². The summed E-state index contributed by atoms with van der Waals surface area (Å²) in [5.41, 5.74) is 3.34. The van der Waals surface area contributed by atoms with Gasteiger partial charge in [0.25, 0.3) is 5.91 Å². The lowest BCUT2D eigenvalue weighted by atomic mass is 10.1. The molecule has 0 bridgehead atoms. The molecular formula is C21H26N2O2. The van der Waals surface area contributed by atoms with Crippen molar-refractivity contribution in [3.63, 3.8) is 0 Å². The molecule has 0 spiro atoms. The van der Waals surface area contributed by atoms with Crippen LogP contribution in [0.15, 0.2) is 48.5 Å². The molecule has 0 aliphatic rings. The summed E-state index contributed by atoms with van der Waals surface area (Å²) >= 11 is 0. The molecule has 0 heterocycles. The first kappa shape index (κ1) is 18.7. The Labute approximate surface area is 149 Å². The molecule has 0 saturated carbocycles. The third kappa shape index (κ3) is 4.92. The molecule has 2 aromatic rings. The number of nitrogens with one attached hydrogen (secondary N) is 1. The number of nitrogens with zero attached hydrogens (tertiary/aromatic N) is 1. The van der Waals surface area contributed by atoms with Gasteiger partial charge in [0.15, 0.2) is 0 Å². The number of hydrogen-bond acceptors (Lipinski definition) is 2. The Balaban J connectivity index is 2.20. The highest BCUT2D eigenvalue weighted by Crippen LogP contribution is 2.20. The number of amides is 2. The van der Waals surface area contributed by atoms with Gasteiger partial charge in [0.05, 0.1) is 0 Å². The van der Waals surface area contributed by atoms with E-state index in [1.807, 2.05) is 45.0 Å². The van der Waals surface area contributed by atoms with Crippen LogP contribution in [0.1, 0.15) is 43.1 Å². The molecule has 0 unspecified atom stereocenters.